The molecular weight excluding hydrogens is 270 g/mol. The predicted molar refractivity (Wildman–Crippen MR) is 78.3 cm³/mol. The van der Waals surface area contributed by atoms with Gasteiger partial charge in [0.1, 0.15) is 13.2 Å². The number of nitrogens with one attached hydrogen (secondary N) is 1. The standard InChI is InChI=1S/C15H15N3O3/c1-18-10-11(9-16-18)2-5-15(19)17-12-3-4-13-14(8-12)21-7-6-20-13/h2-5,8-10H,6-7H2,1H3,(H,17,19)/b5-2+. The molecule has 0 fully saturated rings. The van der Waals surface area contributed by atoms with Gasteiger partial charge in [-0.1, -0.05) is 0 Å². The van der Waals surface area contributed by atoms with Gasteiger partial charge in [-0.3, -0.25) is 9.48 Å². The van der Waals surface area contributed by atoms with Gasteiger partial charge in [-0.15, -0.1) is 0 Å². The van der Waals surface area contributed by atoms with Gasteiger partial charge in [-0.05, 0) is 18.2 Å². The van der Waals surface area contributed by atoms with E-state index in [0.29, 0.717) is 30.4 Å². The highest BCUT2D eigenvalue weighted by atomic mass is 16.6. The first-order chi connectivity index (χ1) is 10.2. The van der Waals surface area contributed by atoms with Crippen LogP contribution >= 0.6 is 0 Å². The van der Waals surface area contributed by atoms with E-state index in [4.69, 9.17) is 9.47 Å². The Morgan fingerprint density at radius 2 is 2.14 bits per heavy atom. The van der Waals surface area contributed by atoms with Crippen molar-refractivity contribution < 1.29 is 14.3 Å². The van der Waals surface area contributed by atoms with E-state index in [0.717, 1.165) is 5.56 Å². The molecule has 6 nitrogen and oxygen atoms in total. The van der Waals surface area contributed by atoms with E-state index in [1.54, 1.807) is 35.2 Å². The molecule has 1 amide bonds. The molecule has 0 bridgehead atoms. The Morgan fingerprint density at radius 1 is 1.33 bits per heavy atom. The number of hydrogen-bond acceptors (Lipinski definition) is 4. The minimum Gasteiger partial charge on any atom is -0.486 e. The Morgan fingerprint density at radius 3 is 2.90 bits per heavy atom. The Kier molecular flexibility index (Phi) is 3.59. The first-order valence-corrected chi connectivity index (χ1v) is 6.58. The maximum Gasteiger partial charge on any atom is 0.248 e. The van der Waals surface area contributed by atoms with Crippen LogP contribution in [0.4, 0.5) is 5.69 Å². The molecule has 2 aromatic rings. The zero-order chi connectivity index (χ0) is 14.7. The molecule has 0 spiro atoms. The van der Waals surface area contributed by atoms with E-state index < -0.39 is 0 Å². The number of rotatable bonds is 3. The summed E-state index contributed by atoms with van der Waals surface area (Å²) in [5.74, 6) is 1.14. The molecule has 21 heavy (non-hydrogen) atoms. The molecule has 1 N–H and O–H groups in total. The van der Waals surface area contributed by atoms with Gasteiger partial charge in [-0.25, -0.2) is 0 Å². The lowest BCUT2D eigenvalue weighted by Crippen LogP contribution is -2.16. The number of aryl methyl sites for hydroxylation is 1. The van der Waals surface area contributed by atoms with Gasteiger partial charge in [0.2, 0.25) is 5.91 Å². The minimum absolute atomic E-state index is 0.212. The largest absolute Gasteiger partial charge is 0.486 e. The van der Waals surface area contributed by atoms with Crippen LogP contribution in [0, 0.1) is 0 Å². The zero-order valence-corrected chi connectivity index (χ0v) is 11.6. The highest BCUT2D eigenvalue weighted by Crippen LogP contribution is 2.32. The lowest BCUT2D eigenvalue weighted by molar-refractivity contribution is -0.111. The highest BCUT2D eigenvalue weighted by molar-refractivity contribution is 6.02. The van der Waals surface area contributed by atoms with Crippen molar-refractivity contribution in [3.63, 3.8) is 0 Å². The summed E-state index contributed by atoms with van der Waals surface area (Å²) >= 11 is 0. The second kappa shape index (κ2) is 5.70. The molecule has 1 aromatic heterocycles. The molecule has 0 atom stereocenters. The number of fused-ring (bicyclic) bond motifs is 1. The number of aromatic nitrogens is 2. The molecule has 1 aromatic carbocycles. The first-order valence-electron chi connectivity index (χ1n) is 6.58. The normalized spacial score (nSPS) is 13.4. The number of benzene rings is 1. The number of carbonyl (C=O) groups excluding carboxylic acids is 1. The third kappa shape index (κ3) is 3.22. The van der Waals surface area contributed by atoms with Gasteiger partial charge in [0.05, 0.1) is 6.20 Å². The Labute approximate surface area is 122 Å². The van der Waals surface area contributed by atoms with Crippen molar-refractivity contribution in [2.24, 2.45) is 7.05 Å². The fraction of sp³-hybridized carbons (Fsp3) is 0.200. The molecule has 0 saturated heterocycles. The predicted octanol–water partition coefficient (Wildman–Crippen LogP) is 1.84. The monoisotopic (exact) mass is 285 g/mol. The number of hydrogen-bond donors (Lipinski definition) is 1. The van der Waals surface area contributed by atoms with Crippen LogP contribution in [0.3, 0.4) is 0 Å². The number of ether oxygens (including phenoxy) is 2. The van der Waals surface area contributed by atoms with Crippen molar-refractivity contribution >= 4 is 17.7 Å². The van der Waals surface area contributed by atoms with E-state index in [1.165, 1.54) is 6.08 Å². The van der Waals surface area contributed by atoms with Crippen LogP contribution in [0.5, 0.6) is 11.5 Å². The summed E-state index contributed by atoms with van der Waals surface area (Å²) in [5.41, 5.74) is 1.54. The SMILES string of the molecule is Cn1cc(/C=C/C(=O)Nc2ccc3c(c2)OCCO3)cn1. The lowest BCUT2D eigenvalue weighted by atomic mass is 10.2. The number of anilines is 1. The zero-order valence-electron chi connectivity index (χ0n) is 11.6. The Hall–Kier alpha value is -2.76. The maximum atomic E-state index is 11.9. The van der Waals surface area contributed by atoms with E-state index >= 15 is 0 Å². The third-order valence-corrected chi connectivity index (χ3v) is 2.96. The summed E-state index contributed by atoms with van der Waals surface area (Å²) in [6, 6.07) is 5.32. The average Bonchev–Trinajstić information content (AvgIpc) is 2.91. The maximum absolute atomic E-state index is 11.9. The van der Waals surface area contributed by atoms with E-state index in [9.17, 15) is 4.79 Å². The molecule has 0 aliphatic carbocycles. The van der Waals surface area contributed by atoms with Crippen LogP contribution in [-0.4, -0.2) is 28.9 Å². The van der Waals surface area contributed by atoms with Crippen LogP contribution in [-0.2, 0) is 11.8 Å². The van der Waals surface area contributed by atoms with E-state index in [-0.39, 0.29) is 5.91 Å². The van der Waals surface area contributed by atoms with Gasteiger partial charge in [0, 0.05) is 36.6 Å². The van der Waals surface area contributed by atoms with Gasteiger partial charge in [0.15, 0.2) is 11.5 Å². The molecule has 1 aliphatic rings. The molecule has 0 radical (unpaired) electrons. The van der Waals surface area contributed by atoms with Crippen LogP contribution in [0.25, 0.3) is 6.08 Å². The molecular formula is C15H15N3O3. The molecule has 108 valence electrons. The van der Waals surface area contributed by atoms with Crippen molar-refractivity contribution in [1.29, 1.82) is 0 Å². The van der Waals surface area contributed by atoms with Crippen LogP contribution in [0.2, 0.25) is 0 Å². The van der Waals surface area contributed by atoms with Crippen molar-refractivity contribution in [1.82, 2.24) is 9.78 Å². The quantitative estimate of drug-likeness (QED) is 0.874. The fourth-order valence-corrected chi connectivity index (χ4v) is 2.00. The smallest absolute Gasteiger partial charge is 0.248 e. The van der Waals surface area contributed by atoms with Gasteiger partial charge in [-0.2, -0.15) is 5.10 Å². The third-order valence-electron chi connectivity index (χ3n) is 2.96. The number of carbonyl (C=O) groups is 1. The number of nitrogens with zero attached hydrogens (tertiary/aromatic N) is 2. The lowest BCUT2D eigenvalue weighted by Gasteiger charge is -2.18. The van der Waals surface area contributed by atoms with Gasteiger partial charge >= 0.3 is 0 Å². The van der Waals surface area contributed by atoms with Crippen molar-refractivity contribution in [3.8, 4) is 11.5 Å². The van der Waals surface area contributed by atoms with Crippen LogP contribution in [0.15, 0.2) is 36.7 Å². The molecule has 0 unspecified atom stereocenters. The molecule has 2 heterocycles. The summed E-state index contributed by atoms with van der Waals surface area (Å²) in [6.45, 7) is 1.07. The van der Waals surface area contributed by atoms with Gasteiger partial charge < -0.3 is 14.8 Å². The van der Waals surface area contributed by atoms with Crippen molar-refractivity contribution in [3.05, 3.63) is 42.2 Å². The van der Waals surface area contributed by atoms with E-state index in [1.807, 2.05) is 13.2 Å². The summed E-state index contributed by atoms with van der Waals surface area (Å²) in [5, 5.41) is 6.81. The molecule has 0 saturated carbocycles. The average molecular weight is 285 g/mol. The van der Waals surface area contributed by atoms with Crippen LogP contribution < -0.4 is 14.8 Å². The summed E-state index contributed by atoms with van der Waals surface area (Å²) in [4.78, 5) is 11.9. The summed E-state index contributed by atoms with van der Waals surface area (Å²) < 4.78 is 12.6. The van der Waals surface area contributed by atoms with Crippen LogP contribution in [0.1, 0.15) is 5.56 Å². The first kappa shape index (κ1) is 13.2. The van der Waals surface area contributed by atoms with E-state index in [2.05, 4.69) is 10.4 Å². The Bertz CT molecular complexity index is 691. The minimum atomic E-state index is -0.212. The molecule has 3 rings (SSSR count). The second-order valence-corrected chi connectivity index (χ2v) is 4.63. The fourth-order valence-electron chi connectivity index (χ4n) is 2.00. The highest BCUT2D eigenvalue weighted by Gasteiger charge is 2.12. The summed E-state index contributed by atoms with van der Waals surface area (Å²) in [7, 11) is 1.83. The molecule has 1 aliphatic heterocycles. The van der Waals surface area contributed by atoms with Crippen molar-refractivity contribution in [2.45, 2.75) is 0 Å². The topological polar surface area (TPSA) is 65.4 Å². The second-order valence-electron chi connectivity index (χ2n) is 4.63. The summed E-state index contributed by atoms with van der Waals surface area (Å²) in [6.07, 6.45) is 6.69. The Balaban J connectivity index is 1.66. The van der Waals surface area contributed by atoms with Crippen molar-refractivity contribution in [2.75, 3.05) is 18.5 Å². The number of amides is 1. The molecule has 6 heteroatoms. The van der Waals surface area contributed by atoms with Gasteiger partial charge in [0.25, 0.3) is 0 Å².